The van der Waals surface area contributed by atoms with Crippen molar-refractivity contribution in [1.82, 2.24) is 19.5 Å². The predicted octanol–water partition coefficient (Wildman–Crippen LogP) is -1.91. The molecule has 1 aliphatic rings. The van der Waals surface area contributed by atoms with Gasteiger partial charge in [-0.25, -0.2) is 4.98 Å². The summed E-state index contributed by atoms with van der Waals surface area (Å²) in [4.78, 5) is 14.3. The molecule has 120 valence electrons. The molecular formula is C12H18N6O4. The molecular weight excluding hydrogens is 292 g/mol. The fraction of sp³-hybridized carbons (Fsp3) is 0.583. The molecule has 0 saturated carbocycles. The van der Waals surface area contributed by atoms with Crippen LogP contribution in [-0.2, 0) is 4.74 Å². The van der Waals surface area contributed by atoms with E-state index in [-0.39, 0.29) is 5.95 Å². The number of imidazole rings is 1. The number of hydrogen-bond donors (Lipinski definition) is 4. The van der Waals surface area contributed by atoms with Crippen LogP contribution in [0.3, 0.4) is 0 Å². The van der Waals surface area contributed by atoms with Gasteiger partial charge in [0.2, 0.25) is 5.95 Å². The number of aromatic nitrogens is 4. The van der Waals surface area contributed by atoms with Crippen LogP contribution in [0.15, 0.2) is 6.33 Å². The van der Waals surface area contributed by atoms with E-state index in [1.54, 1.807) is 19.0 Å². The molecule has 0 aromatic carbocycles. The second kappa shape index (κ2) is 5.32. The molecule has 5 N–H and O–H groups in total. The van der Waals surface area contributed by atoms with Gasteiger partial charge in [0.15, 0.2) is 23.2 Å². The van der Waals surface area contributed by atoms with Crippen LogP contribution in [0.4, 0.5) is 11.8 Å². The molecule has 1 saturated heterocycles. The van der Waals surface area contributed by atoms with Crippen LogP contribution in [0.2, 0.25) is 0 Å². The first-order chi connectivity index (χ1) is 10.4. The van der Waals surface area contributed by atoms with E-state index in [0.29, 0.717) is 17.0 Å². The summed E-state index contributed by atoms with van der Waals surface area (Å²) in [5, 5.41) is 29.2. The highest BCUT2D eigenvalue weighted by Gasteiger charge is 2.44. The zero-order chi connectivity index (χ0) is 16.0. The van der Waals surface area contributed by atoms with Gasteiger partial charge in [-0.2, -0.15) is 9.97 Å². The lowest BCUT2D eigenvalue weighted by atomic mass is 10.1. The maximum Gasteiger partial charge on any atom is 0.224 e. The van der Waals surface area contributed by atoms with Crippen LogP contribution in [0.1, 0.15) is 6.23 Å². The number of aliphatic hydroxyl groups excluding tert-OH is 3. The van der Waals surface area contributed by atoms with Gasteiger partial charge in [0.25, 0.3) is 0 Å². The average molecular weight is 310 g/mol. The number of rotatable bonds is 3. The molecule has 0 spiro atoms. The molecule has 10 nitrogen and oxygen atoms in total. The maximum absolute atomic E-state index is 10.1. The van der Waals surface area contributed by atoms with Crippen LogP contribution in [0.25, 0.3) is 11.2 Å². The third-order valence-electron chi connectivity index (χ3n) is 3.64. The highest BCUT2D eigenvalue weighted by Crippen LogP contribution is 2.32. The first-order valence-corrected chi connectivity index (χ1v) is 6.74. The van der Waals surface area contributed by atoms with Crippen LogP contribution >= 0.6 is 0 Å². The number of hydrogen-bond acceptors (Lipinski definition) is 9. The minimum Gasteiger partial charge on any atom is -0.394 e. The van der Waals surface area contributed by atoms with Gasteiger partial charge in [-0.15, -0.1) is 0 Å². The topological polar surface area (TPSA) is 143 Å². The summed E-state index contributed by atoms with van der Waals surface area (Å²) in [6, 6.07) is 0. The number of nitrogens with zero attached hydrogens (tertiary/aromatic N) is 5. The molecule has 0 radical (unpaired) electrons. The predicted molar refractivity (Wildman–Crippen MR) is 77.1 cm³/mol. The van der Waals surface area contributed by atoms with Crippen molar-refractivity contribution in [3.63, 3.8) is 0 Å². The minimum atomic E-state index is -1.21. The fourth-order valence-electron chi connectivity index (χ4n) is 2.53. The van der Waals surface area contributed by atoms with Gasteiger partial charge in [0.05, 0.1) is 12.9 Å². The Balaban J connectivity index is 2.09. The molecule has 0 amide bonds. The van der Waals surface area contributed by atoms with E-state index in [9.17, 15) is 15.3 Å². The number of nitrogens with two attached hydrogens (primary N) is 1. The molecule has 4 atom stereocenters. The lowest BCUT2D eigenvalue weighted by Crippen LogP contribution is -2.33. The number of ether oxygens (including phenoxy) is 1. The van der Waals surface area contributed by atoms with E-state index in [4.69, 9.17) is 10.5 Å². The SMILES string of the molecule is CN(C)c1nc(N)nc2c1ncn2[C@@H]1O[C@H](CO)[C@@H](O)[C@@H]1O. The average Bonchev–Trinajstić information content (AvgIpc) is 3.00. The Labute approximate surface area is 125 Å². The Hall–Kier alpha value is -2.01. The van der Waals surface area contributed by atoms with Crippen LogP contribution < -0.4 is 10.6 Å². The van der Waals surface area contributed by atoms with Crippen molar-refractivity contribution < 1.29 is 20.1 Å². The van der Waals surface area contributed by atoms with Crippen molar-refractivity contribution in [2.45, 2.75) is 24.5 Å². The number of fused-ring (bicyclic) bond motifs is 1. The largest absolute Gasteiger partial charge is 0.394 e. The van der Waals surface area contributed by atoms with Crippen LogP contribution in [0.5, 0.6) is 0 Å². The Morgan fingerprint density at radius 3 is 2.64 bits per heavy atom. The Bertz CT molecular complexity index is 690. The maximum atomic E-state index is 10.1. The highest BCUT2D eigenvalue weighted by molar-refractivity contribution is 5.84. The molecule has 3 rings (SSSR count). The molecule has 2 aromatic heterocycles. The Morgan fingerprint density at radius 2 is 2.05 bits per heavy atom. The summed E-state index contributed by atoms with van der Waals surface area (Å²) in [5.74, 6) is 0.595. The van der Waals surface area contributed by atoms with Crippen molar-refractivity contribution in [2.24, 2.45) is 0 Å². The number of nitrogen functional groups attached to an aromatic ring is 1. The normalized spacial score (nSPS) is 28.4. The molecule has 3 heterocycles. The smallest absolute Gasteiger partial charge is 0.224 e. The van der Waals surface area contributed by atoms with E-state index in [2.05, 4.69) is 15.0 Å². The van der Waals surface area contributed by atoms with Gasteiger partial charge in [-0.3, -0.25) is 4.57 Å². The van der Waals surface area contributed by atoms with E-state index < -0.39 is 31.1 Å². The van der Waals surface area contributed by atoms with Gasteiger partial charge in [-0.1, -0.05) is 0 Å². The summed E-state index contributed by atoms with van der Waals surface area (Å²) in [6.45, 7) is -0.401. The summed E-state index contributed by atoms with van der Waals surface area (Å²) in [5.41, 5.74) is 6.60. The number of anilines is 2. The lowest BCUT2D eigenvalue weighted by Gasteiger charge is -2.17. The highest BCUT2D eigenvalue weighted by atomic mass is 16.6. The summed E-state index contributed by atoms with van der Waals surface area (Å²) in [7, 11) is 3.60. The second-order valence-corrected chi connectivity index (χ2v) is 5.35. The number of aliphatic hydroxyl groups is 3. The zero-order valence-electron chi connectivity index (χ0n) is 12.2. The van der Waals surface area contributed by atoms with Gasteiger partial charge >= 0.3 is 0 Å². The quantitative estimate of drug-likeness (QED) is 0.510. The molecule has 2 aromatic rings. The van der Waals surface area contributed by atoms with Gasteiger partial charge in [0, 0.05) is 14.1 Å². The van der Waals surface area contributed by atoms with E-state index >= 15 is 0 Å². The van der Waals surface area contributed by atoms with Gasteiger partial charge < -0.3 is 30.7 Å². The van der Waals surface area contributed by atoms with Crippen molar-refractivity contribution >= 4 is 22.9 Å². The lowest BCUT2D eigenvalue weighted by molar-refractivity contribution is -0.0511. The van der Waals surface area contributed by atoms with Gasteiger partial charge in [-0.05, 0) is 0 Å². The van der Waals surface area contributed by atoms with E-state index in [0.717, 1.165) is 0 Å². The third kappa shape index (κ3) is 2.16. The van der Waals surface area contributed by atoms with Crippen molar-refractivity contribution in [1.29, 1.82) is 0 Å². The minimum absolute atomic E-state index is 0.0599. The van der Waals surface area contributed by atoms with Gasteiger partial charge in [0.1, 0.15) is 18.3 Å². The Kier molecular flexibility index (Phi) is 3.60. The standard InChI is InChI=1S/C12H18N6O4/c1-17(2)9-6-10(16-12(13)15-9)18(4-14-6)11-8(21)7(20)5(3-19)22-11/h4-5,7-8,11,19-21H,3H2,1-2H3,(H2,13,15,16)/t5-,7-,8+,11-/m1/s1. The van der Waals surface area contributed by atoms with Crippen LogP contribution in [-0.4, -0.2) is 73.9 Å². The van der Waals surface area contributed by atoms with Crippen molar-refractivity contribution in [3.05, 3.63) is 6.33 Å². The molecule has 0 aliphatic carbocycles. The molecule has 0 bridgehead atoms. The molecule has 10 heteroatoms. The monoisotopic (exact) mass is 310 g/mol. The van der Waals surface area contributed by atoms with Crippen LogP contribution in [0, 0.1) is 0 Å². The Morgan fingerprint density at radius 1 is 1.32 bits per heavy atom. The molecule has 22 heavy (non-hydrogen) atoms. The van der Waals surface area contributed by atoms with E-state index in [1.807, 2.05) is 0 Å². The summed E-state index contributed by atoms with van der Waals surface area (Å²) >= 11 is 0. The molecule has 0 unspecified atom stereocenters. The first-order valence-electron chi connectivity index (χ1n) is 6.74. The van der Waals surface area contributed by atoms with Crippen molar-refractivity contribution in [2.75, 3.05) is 31.3 Å². The zero-order valence-corrected chi connectivity index (χ0v) is 12.2. The summed E-state index contributed by atoms with van der Waals surface area (Å²) in [6.07, 6.45) is -2.76. The molecule has 1 aliphatic heterocycles. The summed E-state index contributed by atoms with van der Waals surface area (Å²) < 4.78 is 6.96. The first kappa shape index (κ1) is 14.9. The van der Waals surface area contributed by atoms with E-state index in [1.165, 1.54) is 10.9 Å². The van der Waals surface area contributed by atoms with Crippen molar-refractivity contribution in [3.8, 4) is 0 Å². The molecule has 1 fully saturated rings. The third-order valence-corrected chi connectivity index (χ3v) is 3.64. The second-order valence-electron chi connectivity index (χ2n) is 5.35. The fourth-order valence-corrected chi connectivity index (χ4v) is 2.53.